The largest absolute Gasteiger partial charge is 0.372 e. The van der Waals surface area contributed by atoms with Crippen LogP contribution in [0.3, 0.4) is 0 Å². The van der Waals surface area contributed by atoms with Crippen molar-refractivity contribution >= 4 is 9.84 Å². The number of rotatable bonds is 9. The topological polar surface area (TPSA) is 61.8 Å². The van der Waals surface area contributed by atoms with Crippen LogP contribution in [-0.2, 0) is 30.7 Å². The van der Waals surface area contributed by atoms with Crippen LogP contribution in [0.15, 0.2) is 88.7 Å². The van der Waals surface area contributed by atoms with E-state index in [1.807, 2.05) is 30.3 Å². The maximum absolute atomic E-state index is 12.4. The molecule has 0 radical (unpaired) electrons. The molecule has 5 nitrogen and oxygen atoms in total. The molecule has 6 heteroatoms. The highest BCUT2D eigenvalue weighted by molar-refractivity contribution is 7.94. The molecule has 0 spiro atoms. The quantitative estimate of drug-likeness (QED) is 0.565. The minimum Gasteiger partial charge on any atom is -0.372 e. The summed E-state index contributed by atoms with van der Waals surface area (Å²) in [4.78, 5) is 0.291. The van der Waals surface area contributed by atoms with E-state index in [0.29, 0.717) is 24.5 Å². The number of methoxy groups -OCH3 is 1. The molecule has 0 unspecified atom stereocenters. The van der Waals surface area contributed by atoms with Crippen molar-refractivity contribution in [3.05, 3.63) is 89.4 Å². The summed E-state index contributed by atoms with van der Waals surface area (Å²) < 4.78 is 42.3. The monoisotopic (exact) mass is 426 g/mol. The standard InChI is InChI=1S/C24H26O5S/c1-27-24-21-15-19(17-28-16-18-9-4-2-5-10-18)23(21)22(29-24)13-8-14-30(25,26)20-11-6-3-7-12-20/h2-12,14-15,21-24H,13,16-17H2,1H3/b14-8-/t21-,22+,23+,24-/m1/s1. The van der Waals surface area contributed by atoms with Gasteiger partial charge in [-0.1, -0.05) is 60.7 Å². The van der Waals surface area contributed by atoms with E-state index in [2.05, 4.69) is 6.08 Å². The summed E-state index contributed by atoms with van der Waals surface area (Å²) in [6, 6.07) is 18.5. The Balaban J connectivity index is 1.36. The fourth-order valence-electron chi connectivity index (χ4n) is 4.10. The van der Waals surface area contributed by atoms with E-state index < -0.39 is 9.84 Å². The van der Waals surface area contributed by atoms with Gasteiger partial charge in [0.15, 0.2) is 16.1 Å². The third-order valence-electron chi connectivity index (χ3n) is 5.60. The minimum atomic E-state index is -3.45. The molecule has 2 aliphatic rings. The van der Waals surface area contributed by atoms with Gasteiger partial charge in [-0.05, 0) is 29.7 Å². The maximum Gasteiger partial charge on any atom is 0.199 e. The second-order valence-corrected chi connectivity index (χ2v) is 9.40. The number of hydrogen-bond acceptors (Lipinski definition) is 5. The Morgan fingerprint density at radius 1 is 1.00 bits per heavy atom. The number of ether oxygens (including phenoxy) is 3. The zero-order valence-corrected chi connectivity index (χ0v) is 17.7. The summed E-state index contributed by atoms with van der Waals surface area (Å²) in [5.41, 5.74) is 2.33. The van der Waals surface area contributed by atoms with Crippen LogP contribution < -0.4 is 0 Å². The van der Waals surface area contributed by atoms with Crippen molar-refractivity contribution in [2.75, 3.05) is 13.7 Å². The molecule has 4 rings (SSSR count). The fourth-order valence-corrected chi connectivity index (χ4v) is 5.16. The predicted molar refractivity (Wildman–Crippen MR) is 114 cm³/mol. The summed E-state index contributed by atoms with van der Waals surface area (Å²) in [7, 11) is -1.81. The van der Waals surface area contributed by atoms with Crippen LogP contribution in [-0.4, -0.2) is 34.5 Å². The summed E-state index contributed by atoms with van der Waals surface area (Å²) >= 11 is 0. The normalized spacial score (nSPS) is 25.7. The van der Waals surface area contributed by atoms with Gasteiger partial charge >= 0.3 is 0 Å². The van der Waals surface area contributed by atoms with Crippen molar-refractivity contribution in [2.24, 2.45) is 11.8 Å². The smallest absolute Gasteiger partial charge is 0.199 e. The minimum absolute atomic E-state index is 0.123. The molecule has 0 aromatic heterocycles. The van der Waals surface area contributed by atoms with Crippen molar-refractivity contribution in [1.82, 2.24) is 0 Å². The van der Waals surface area contributed by atoms with Crippen molar-refractivity contribution in [2.45, 2.75) is 30.3 Å². The molecule has 1 fully saturated rings. The van der Waals surface area contributed by atoms with Gasteiger partial charge in [0.1, 0.15) is 0 Å². The Kier molecular flexibility index (Phi) is 6.49. The lowest BCUT2D eigenvalue weighted by molar-refractivity contribution is -0.124. The molecule has 4 atom stereocenters. The molecule has 2 aromatic carbocycles. The first-order chi connectivity index (χ1) is 14.6. The summed E-state index contributed by atoms with van der Waals surface area (Å²) in [5, 5.41) is 1.27. The van der Waals surface area contributed by atoms with Gasteiger partial charge in [0, 0.05) is 24.4 Å². The molecule has 1 aliphatic heterocycles. The van der Waals surface area contributed by atoms with Gasteiger partial charge in [-0.2, -0.15) is 0 Å². The van der Waals surface area contributed by atoms with Crippen LogP contribution in [0.25, 0.3) is 0 Å². The Hall–Kier alpha value is -2.25. The molecular formula is C24H26O5S. The van der Waals surface area contributed by atoms with Crippen molar-refractivity contribution in [3.8, 4) is 0 Å². The van der Waals surface area contributed by atoms with Crippen LogP contribution in [0.5, 0.6) is 0 Å². The Bertz CT molecular complexity index is 998. The molecular weight excluding hydrogens is 400 g/mol. The SMILES string of the molecule is CO[C@@H]1O[C@@H](C/C=C\S(=O)(=O)c2ccccc2)[C@H]2C(COCc3ccccc3)=C[C@@H]12. The van der Waals surface area contributed by atoms with E-state index in [-0.39, 0.29) is 24.2 Å². The number of benzene rings is 2. The molecule has 0 saturated carbocycles. The molecule has 1 aliphatic carbocycles. The first-order valence-corrected chi connectivity index (χ1v) is 11.6. The van der Waals surface area contributed by atoms with Gasteiger partial charge in [0.2, 0.25) is 0 Å². The highest BCUT2D eigenvalue weighted by Gasteiger charge is 2.50. The van der Waals surface area contributed by atoms with Gasteiger partial charge < -0.3 is 14.2 Å². The van der Waals surface area contributed by atoms with E-state index in [1.54, 1.807) is 43.5 Å². The Morgan fingerprint density at radius 3 is 2.40 bits per heavy atom. The van der Waals surface area contributed by atoms with Gasteiger partial charge in [0.05, 0.1) is 24.2 Å². The lowest BCUT2D eigenvalue weighted by Gasteiger charge is -2.33. The van der Waals surface area contributed by atoms with Crippen molar-refractivity contribution < 1.29 is 22.6 Å². The maximum atomic E-state index is 12.4. The van der Waals surface area contributed by atoms with Gasteiger partial charge in [0.25, 0.3) is 0 Å². The lowest BCUT2D eigenvalue weighted by Crippen LogP contribution is -2.33. The second kappa shape index (κ2) is 9.27. The summed E-state index contributed by atoms with van der Waals surface area (Å²) in [6.07, 6.45) is 3.93. The third-order valence-corrected chi connectivity index (χ3v) is 7.08. The van der Waals surface area contributed by atoms with Crippen LogP contribution in [0.2, 0.25) is 0 Å². The van der Waals surface area contributed by atoms with Gasteiger partial charge in [-0.25, -0.2) is 8.42 Å². The highest BCUT2D eigenvalue weighted by Crippen LogP contribution is 2.48. The Labute approximate surface area is 177 Å². The van der Waals surface area contributed by atoms with E-state index >= 15 is 0 Å². The molecule has 30 heavy (non-hydrogen) atoms. The molecule has 0 N–H and O–H groups in total. The molecule has 2 aromatic rings. The zero-order chi connectivity index (χ0) is 21.0. The predicted octanol–water partition coefficient (Wildman–Crippen LogP) is 4.12. The van der Waals surface area contributed by atoms with E-state index in [1.165, 1.54) is 11.0 Å². The lowest BCUT2D eigenvalue weighted by atomic mass is 9.72. The molecule has 1 heterocycles. The van der Waals surface area contributed by atoms with E-state index in [9.17, 15) is 8.42 Å². The van der Waals surface area contributed by atoms with Crippen molar-refractivity contribution in [1.29, 1.82) is 0 Å². The summed E-state index contributed by atoms with van der Waals surface area (Å²) in [5.74, 6) is 0.379. The average Bonchev–Trinajstić information content (AvgIpc) is 3.03. The fraction of sp³-hybridized carbons (Fsp3) is 0.333. The molecule has 0 amide bonds. The zero-order valence-electron chi connectivity index (χ0n) is 16.9. The number of sulfone groups is 1. The second-order valence-electron chi connectivity index (χ2n) is 7.57. The van der Waals surface area contributed by atoms with E-state index in [4.69, 9.17) is 14.2 Å². The van der Waals surface area contributed by atoms with Crippen LogP contribution >= 0.6 is 0 Å². The van der Waals surface area contributed by atoms with Crippen molar-refractivity contribution in [3.63, 3.8) is 0 Å². The van der Waals surface area contributed by atoms with Gasteiger partial charge in [-0.15, -0.1) is 0 Å². The molecule has 158 valence electrons. The molecule has 1 saturated heterocycles. The molecule has 0 bridgehead atoms. The highest BCUT2D eigenvalue weighted by atomic mass is 32.2. The Morgan fingerprint density at radius 2 is 1.70 bits per heavy atom. The first kappa shape index (κ1) is 21.0. The number of hydrogen-bond donors (Lipinski definition) is 0. The number of fused-ring (bicyclic) bond motifs is 1. The van der Waals surface area contributed by atoms with Crippen LogP contribution in [0.1, 0.15) is 12.0 Å². The average molecular weight is 427 g/mol. The summed E-state index contributed by atoms with van der Waals surface area (Å²) in [6.45, 7) is 1.10. The van der Waals surface area contributed by atoms with Crippen LogP contribution in [0.4, 0.5) is 0 Å². The van der Waals surface area contributed by atoms with Gasteiger partial charge in [-0.3, -0.25) is 0 Å². The first-order valence-electron chi connectivity index (χ1n) is 10.1. The van der Waals surface area contributed by atoms with Crippen LogP contribution in [0, 0.1) is 11.8 Å². The third kappa shape index (κ3) is 4.57. The van der Waals surface area contributed by atoms with E-state index in [0.717, 1.165) is 5.56 Å².